The van der Waals surface area contributed by atoms with Crippen molar-refractivity contribution in [3.05, 3.63) is 93.9 Å². The van der Waals surface area contributed by atoms with Crippen LogP contribution in [0.3, 0.4) is 0 Å². The third-order valence-corrected chi connectivity index (χ3v) is 4.82. The van der Waals surface area contributed by atoms with Crippen LogP contribution in [0.15, 0.2) is 65.3 Å². The van der Waals surface area contributed by atoms with E-state index in [0.717, 1.165) is 29.9 Å². The van der Waals surface area contributed by atoms with E-state index in [1.54, 1.807) is 6.26 Å². The molecule has 4 rings (SSSR count). The van der Waals surface area contributed by atoms with Crippen molar-refractivity contribution < 1.29 is 9.21 Å². The lowest BCUT2D eigenvalue weighted by molar-refractivity contribution is 0.0720. The number of hydrogen-bond donors (Lipinski definition) is 0. The second-order valence-corrected chi connectivity index (χ2v) is 6.79. The molecule has 0 unspecified atom stereocenters. The Morgan fingerprint density at radius 1 is 1.04 bits per heavy atom. The summed E-state index contributed by atoms with van der Waals surface area (Å²) in [5.74, 6) is 0.933. The van der Waals surface area contributed by atoms with Gasteiger partial charge in [-0.15, -0.1) is 0 Å². The molecule has 1 aromatic heterocycles. The Kier molecular flexibility index (Phi) is 4.63. The van der Waals surface area contributed by atoms with Crippen LogP contribution in [-0.4, -0.2) is 17.4 Å². The highest BCUT2D eigenvalue weighted by Crippen LogP contribution is 2.22. The second-order valence-electron chi connectivity index (χ2n) is 6.36. The molecule has 3 aromatic rings. The van der Waals surface area contributed by atoms with Crippen molar-refractivity contribution in [3.63, 3.8) is 0 Å². The Hall–Kier alpha value is -2.78. The molecule has 3 nitrogen and oxygen atoms in total. The zero-order chi connectivity index (χ0) is 17.9. The van der Waals surface area contributed by atoms with E-state index in [0.29, 0.717) is 17.1 Å². The highest BCUT2D eigenvalue weighted by atomic mass is 35.5. The van der Waals surface area contributed by atoms with E-state index in [1.165, 1.54) is 5.56 Å². The Morgan fingerprint density at radius 3 is 2.65 bits per heavy atom. The van der Waals surface area contributed by atoms with Gasteiger partial charge in [0, 0.05) is 17.1 Å². The number of carbonyl (C=O) groups excluding carboxylic acids is 1. The number of carbonyl (C=O) groups is 1. The van der Waals surface area contributed by atoms with Gasteiger partial charge in [0.15, 0.2) is 0 Å². The summed E-state index contributed by atoms with van der Waals surface area (Å²) in [6.07, 6.45) is 6.55. The van der Waals surface area contributed by atoms with Crippen molar-refractivity contribution >= 4 is 29.7 Å². The molecule has 0 fully saturated rings. The number of hydrogen-bond acceptors (Lipinski definition) is 2. The summed E-state index contributed by atoms with van der Waals surface area (Å²) in [5, 5.41) is 0.717. The number of benzene rings is 2. The molecule has 0 bridgehead atoms. The standard InChI is InChI=1S/C22H18ClNO2/c23-20-3-1-2-17(14-20)5-4-16-6-8-19(9-7-16)22(25)24-12-10-18-11-13-26-21(18)15-24/h1-9,11,13-14H,10,12,15H2. The zero-order valence-corrected chi connectivity index (χ0v) is 14.9. The first-order valence-corrected chi connectivity index (χ1v) is 8.95. The van der Waals surface area contributed by atoms with Crippen LogP contribution in [0.5, 0.6) is 0 Å². The second kappa shape index (κ2) is 7.22. The molecule has 0 spiro atoms. The van der Waals surface area contributed by atoms with Crippen LogP contribution in [0, 0.1) is 0 Å². The summed E-state index contributed by atoms with van der Waals surface area (Å²) < 4.78 is 5.46. The molecule has 0 N–H and O–H groups in total. The van der Waals surface area contributed by atoms with Gasteiger partial charge < -0.3 is 9.32 Å². The SMILES string of the molecule is O=C(c1ccc(C=Cc2cccc(Cl)c2)cc1)N1CCc2ccoc2C1. The Balaban J connectivity index is 1.45. The number of amides is 1. The molecule has 0 atom stereocenters. The summed E-state index contributed by atoms with van der Waals surface area (Å²) in [5.41, 5.74) is 3.98. The minimum atomic E-state index is 0.0393. The van der Waals surface area contributed by atoms with E-state index >= 15 is 0 Å². The average Bonchev–Trinajstić information content (AvgIpc) is 3.14. The van der Waals surface area contributed by atoms with Crippen molar-refractivity contribution in [1.29, 1.82) is 0 Å². The van der Waals surface area contributed by atoms with E-state index < -0.39 is 0 Å². The van der Waals surface area contributed by atoms with Gasteiger partial charge in [-0.25, -0.2) is 0 Å². The smallest absolute Gasteiger partial charge is 0.254 e. The molecule has 2 aromatic carbocycles. The van der Waals surface area contributed by atoms with Crippen LogP contribution in [0.25, 0.3) is 12.2 Å². The van der Waals surface area contributed by atoms with Crippen LogP contribution in [0.1, 0.15) is 32.8 Å². The third kappa shape index (κ3) is 3.58. The number of halogens is 1. The van der Waals surface area contributed by atoms with E-state index in [9.17, 15) is 4.79 Å². The molecule has 2 heterocycles. The summed E-state index contributed by atoms with van der Waals surface area (Å²) in [6.45, 7) is 1.26. The molecule has 1 aliphatic heterocycles. The van der Waals surface area contributed by atoms with E-state index in [1.807, 2.05) is 71.6 Å². The van der Waals surface area contributed by atoms with E-state index in [-0.39, 0.29) is 5.91 Å². The third-order valence-electron chi connectivity index (χ3n) is 4.58. The quantitative estimate of drug-likeness (QED) is 0.591. The first-order valence-electron chi connectivity index (χ1n) is 8.57. The monoisotopic (exact) mass is 363 g/mol. The minimum absolute atomic E-state index is 0.0393. The largest absolute Gasteiger partial charge is 0.467 e. The molecule has 0 aliphatic carbocycles. The molecule has 0 saturated carbocycles. The topological polar surface area (TPSA) is 33.5 Å². The highest BCUT2D eigenvalue weighted by Gasteiger charge is 2.23. The summed E-state index contributed by atoms with van der Waals surface area (Å²) >= 11 is 6.00. The van der Waals surface area contributed by atoms with Crippen LogP contribution in [-0.2, 0) is 13.0 Å². The van der Waals surface area contributed by atoms with Crippen molar-refractivity contribution in [2.24, 2.45) is 0 Å². The van der Waals surface area contributed by atoms with Gasteiger partial charge in [0.1, 0.15) is 5.76 Å². The number of rotatable bonds is 3. The normalized spacial score (nSPS) is 13.8. The van der Waals surface area contributed by atoms with Crippen LogP contribution < -0.4 is 0 Å². The number of nitrogens with zero attached hydrogens (tertiary/aromatic N) is 1. The molecular formula is C22H18ClNO2. The lowest BCUT2D eigenvalue weighted by Crippen LogP contribution is -2.35. The Bertz CT molecular complexity index is 956. The molecule has 0 radical (unpaired) electrons. The average molecular weight is 364 g/mol. The maximum Gasteiger partial charge on any atom is 0.254 e. The number of furan rings is 1. The van der Waals surface area contributed by atoms with Crippen LogP contribution >= 0.6 is 11.6 Å². The molecule has 4 heteroatoms. The van der Waals surface area contributed by atoms with Crippen molar-refractivity contribution in [3.8, 4) is 0 Å². The van der Waals surface area contributed by atoms with Gasteiger partial charge in [-0.1, -0.05) is 48.0 Å². The fourth-order valence-corrected chi connectivity index (χ4v) is 3.33. The maximum atomic E-state index is 12.7. The first kappa shape index (κ1) is 16.7. The summed E-state index contributed by atoms with van der Waals surface area (Å²) in [6, 6.07) is 17.3. The Labute approximate surface area is 157 Å². The molecule has 26 heavy (non-hydrogen) atoms. The van der Waals surface area contributed by atoms with Gasteiger partial charge >= 0.3 is 0 Å². The van der Waals surface area contributed by atoms with Gasteiger partial charge in [-0.3, -0.25) is 4.79 Å². The zero-order valence-electron chi connectivity index (χ0n) is 14.2. The molecule has 0 saturated heterocycles. The highest BCUT2D eigenvalue weighted by molar-refractivity contribution is 6.30. The van der Waals surface area contributed by atoms with Crippen molar-refractivity contribution in [1.82, 2.24) is 4.90 Å². The first-order chi connectivity index (χ1) is 12.7. The molecular weight excluding hydrogens is 346 g/mol. The molecule has 130 valence electrons. The van der Waals surface area contributed by atoms with E-state index in [4.69, 9.17) is 16.0 Å². The summed E-state index contributed by atoms with van der Waals surface area (Å²) in [7, 11) is 0. The van der Waals surface area contributed by atoms with Crippen molar-refractivity contribution in [2.75, 3.05) is 6.54 Å². The Morgan fingerprint density at radius 2 is 1.85 bits per heavy atom. The summed E-state index contributed by atoms with van der Waals surface area (Å²) in [4.78, 5) is 14.5. The fourth-order valence-electron chi connectivity index (χ4n) is 3.13. The predicted octanol–water partition coefficient (Wildman–Crippen LogP) is 5.30. The van der Waals surface area contributed by atoms with Gasteiger partial charge in [0.25, 0.3) is 5.91 Å². The molecule has 1 aliphatic rings. The minimum Gasteiger partial charge on any atom is -0.467 e. The van der Waals surface area contributed by atoms with Gasteiger partial charge in [0.05, 0.1) is 12.8 Å². The maximum absolute atomic E-state index is 12.7. The number of fused-ring (bicyclic) bond motifs is 1. The van der Waals surface area contributed by atoms with Gasteiger partial charge in [-0.2, -0.15) is 0 Å². The molecule has 1 amide bonds. The lowest BCUT2D eigenvalue weighted by Gasteiger charge is -2.26. The predicted molar refractivity (Wildman–Crippen MR) is 104 cm³/mol. The lowest BCUT2D eigenvalue weighted by atomic mass is 10.1. The van der Waals surface area contributed by atoms with Crippen LogP contribution in [0.2, 0.25) is 5.02 Å². The fraction of sp³-hybridized carbons (Fsp3) is 0.136. The van der Waals surface area contributed by atoms with Crippen LogP contribution in [0.4, 0.5) is 0 Å². The van der Waals surface area contributed by atoms with Gasteiger partial charge in [0.2, 0.25) is 0 Å². The van der Waals surface area contributed by atoms with Crippen molar-refractivity contribution in [2.45, 2.75) is 13.0 Å². The van der Waals surface area contributed by atoms with E-state index in [2.05, 4.69) is 0 Å². The van der Waals surface area contributed by atoms with Gasteiger partial charge in [-0.05, 0) is 53.4 Å².